The van der Waals surface area contributed by atoms with Crippen molar-refractivity contribution < 1.29 is 4.11 Å². The minimum Gasteiger partial charge on any atom is -0.0619 e. The van der Waals surface area contributed by atoms with Gasteiger partial charge in [-0.25, -0.2) is 0 Å². The van der Waals surface area contributed by atoms with Gasteiger partial charge < -0.3 is 0 Å². The van der Waals surface area contributed by atoms with E-state index in [0.717, 1.165) is 27.8 Å². The maximum atomic E-state index is 7.97. The molecular formula is C16H16. The third-order valence-electron chi connectivity index (χ3n) is 3.47. The summed E-state index contributed by atoms with van der Waals surface area (Å²) in [5.74, 6) is 0. The lowest BCUT2D eigenvalue weighted by Gasteiger charge is -2.21. The van der Waals surface area contributed by atoms with Gasteiger partial charge in [-0.1, -0.05) is 61.8 Å². The van der Waals surface area contributed by atoms with Crippen LogP contribution in [0, 0.1) is 6.92 Å². The fourth-order valence-electron chi connectivity index (χ4n) is 2.62. The maximum absolute atomic E-state index is 7.97. The number of aryl methyl sites for hydroxylation is 1. The van der Waals surface area contributed by atoms with Crippen LogP contribution in [-0.4, -0.2) is 0 Å². The minimum atomic E-state index is -2.05. The average Bonchev–Trinajstić information content (AvgIpc) is 2.61. The second-order valence-electron chi connectivity index (χ2n) is 4.72. The van der Waals surface area contributed by atoms with Gasteiger partial charge in [0.15, 0.2) is 0 Å². The first-order valence-electron chi connectivity index (χ1n) is 7.07. The summed E-state index contributed by atoms with van der Waals surface area (Å²) in [6.45, 7) is 1.82. The van der Waals surface area contributed by atoms with Crippen LogP contribution in [0.3, 0.4) is 0 Å². The lowest BCUT2D eigenvalue weighted by atomic mass is 9.82. The van der Waals surface area contributed by atoms with Crippen LogP contribution < -0.4 is 0 Å². The first kappa shape index (κ1) is 6.90. The van der Waals surface area contributed by atoms with Crippen molar-refractivity contribution in [1.82, 2.24) is 0 Å². The van der Waals surface area contributed by atoms with E-state index in [1.165, 1.54) is 0 Å². The van der Waals surface area contributed by atoms with Crippen molar-refractivity contribution >= 4 is 0 Å². The molecule has 16 heavy (non-hydrogen) atoms. The van der Waals surface area contributed by atoms with Crippen LogP contribution in [0.4, 0.5) is 0 Å². The standard InChI is InChI=1S/C16H16/c1-11-8-9-15-13(10-11)12-6-4-5-7-14(12)16(15,2)3/h4-10H,1-3H3/i2D3. The highest BCUT2D eigenvalue weighted by atomic mass is 14.4. The van der Waals surface area contributed by atoms with Gasteiger partial charge in [0.25, 0.3) is 0 Å². The molecule has 0 bridgehead atoms. The highest BCUT2D eigenvalue weighted by molar-refractivity contribution is 5.80. The van der Waals surface area contributed by atoms with Crippen LogP contribution in [0.15, 0.2) is 42.5 Å². The molecule has 0 aliphatic heterocycles. The Kier molecular flexibility index (Phi) is 1.28. The SMILES string of the molecule is [2H]C([2H])([2H])C1(C)c2ccccc2-c2cc(C)ccc21. The number of hydrogen-bond acceptors (Lipinski definition) is 0. The molecule has 2 aromatic carbocycles. The van der Waals surface area contributed by atoms with E-state index in [4.69, 9.17) is 4.11 Å². The minimum absolute atomic E-state index is 0.910. The number of hydrogen-bond donors (Lipinski definition) is 0. The molecule has 0 aromatic heterocycles. The average molecular weight is 211 g/mol. The Labute approximate surface area is 101 Å². The van der Waals surface area contributed by atoms with E-state index in [2.05, 4.69) is 6.07 Å². The van der Waals surface area contributed by atoms with Gasteiger partial charge >= 0.3 is 0 Å². The summed E-state index contributed by atoms with van der Waals surface area (Å²) in [5, 5.41) is 0. The summed E-state index contributed by atoms with van der Waals surface area (Å²) >= 11 is 0. The lowest BCUT2D eigenvalue weighted by Crippen LogP contribution is -2.14. The third kappa shape index (κ3) is 1.10. The number of fused-ring (bicyclic) bond motifs is 3. The fraction of sp³-hybridized carbons (Fsp3) is 0.250. The fourth-order valence-corrected chi connectivity index (χ4v) is 2.62. The van der Waals surface area contributed by atoms with E-state index in [1.54, 1.807) is 0 Å². The predicted molar refractivity (Wildman–Crippen MR) is 68.7 cm³/mol. The summed E-state index contributed by atoms with van der Waals surface area (Å²) in [7, 11) is 0. The summed E-state index contributed by atoms with van der Waals surface area (Å²) in [5.41, 5.74) is 4.19. The Balaban J connectivity index is 2.41. The molecule has 0 heteroatoms. The van der Waals surface area contributed by atoms with Crippen LogP contribution in [0.2, 0.25) is 0 Å². The van der Waals surface area contributed by atoms with Crippen molar-refractivity contribution in [2.75, 3.05) is 0 Å². The van der Waals surface area contributed by atoms with Crippen LogP contribution in [0.25, 0.3) is 11.1 Å². The molecule has 80 valence electrons. The Hall–Kier alpha value is -1.56. The van der Waals surface area contributed by atoms with Gasteiger partial charge in [-0.3, -0.25) is 0 Å². The van der Waals surface area contributed by atoms with E-state index in [0.29, 0.717) is 0 Å². The van der Waals surface area contributed by atoms with Gasteiger partial charge in [-0.05, 0) is 29.2 Å². The molecule has 0 N–H and O–H groups in total. The van der Waals surface area contributed by atoms with Gasteiger partial charge in [-0.15, -0.1) is 0 Å². The molecule has 0 fully saturated rings. The summed E-state index contributed by atoms with van der Waals surface area (Å²) in [4.78, 5) is 0. The molecule has 0 nitrogen and oxygen atoms in total. The molecule has 1 atom stereocenters. The molecule has 3 rings (SSSR count). The van der Waals surface area contributed by atoms with Crippen LogP contribution in [0.5, 0.6) is 0 Å². The lowest BCUT2D eigenvalue weighted by molar-refractivity contribution is 0.660. The molecule has 1 aliphatic rings. The monoisotopic (exact) mass is 211 g/mol. The van der Waals surface area contributed by atoms with Gasteiger partial charge in [0.05, 0.1) is 0 Å². The van der Waals surface area contributed by atoms with Crippen molar-refractivity contribution in [2.24, 2.45) is 0 Å². The maximum Gasteiger partial charge on any atom is 0.0243 e. The molecule has 1 aliphatic carbocycles. The molecule has 0 spiro atoms. The largest absolute Gasteiger partial charge is 0.0619 e. The van der Waals surface area contributed by atoms with Gasteiger partial charge in [0, 0.05) is 9.53 Å². The first-order valence-corrected chi connectivity index (χ1v) is 5.57. The Morgan fingerprint density at radius 3 is 2.56 bits per heavy atom. The molecule has 0 radical (unpaired) electrons. The van der Waals surface area contributed by atoms with E-state index in [1.807, 2.05) is 50.2 Å². The van der Waals surface area contributed by atoms with Crippen molar-refractivity contribution in [3.05, 3.63) is 59.2 Å². The predicted octanol–water partition coefficient (Wildman–Crippen LogP) is 4.30. The van der Waals surface area contributed by atoms with E-state index < -0.39 is 12.3 Å². The van der Waals surface area contributed by atoms with Gasteiger partial charge in [0.2, 0.25) is 0 Å². The van der Waals surface area contributed by atoms with Gasteiger partial charge in [-0.2, -0.15) is 0 Å². The molecule has 0 saturated carbocycles. The van der Waals surface area contributed by atoms with E-state index in [-0.39, 0.29) is 0 Å². The van der Waals surface area contributed by atoms with E-state index >= 15 is 0 Å². The quantitative estimate of drug-likeness (QED) is 0.609. The van der Waals surface area contributed by atoms with Gasteiger partial charge in [0.1, 0.15) is 0 Å². The zero-order valence-corrected chi connectivity index (χ0v) is 9.54. The molecular weight excluding hydrogens is 192 g/mol. The zero-order chi connectivity index (χ0) is 13.8. The first-order chi connectivity index (χ1) is 8.85. The number of rotatable bonds is 0. The van der Waals surface area contributed by atoms with E-state index in [9.17, 15) is 0 Å². The van der Waals surface area contributed by atoms with Crippen LogP contribution in [-0.2, 0) is 5.41 Å². The van der Waals surface area contributed by atoms with Crippen molar-refractivity contribution in [3.8, 4) is 11.1 Å². The zero-order valence-electron chi connectivity index (χ0n) is 12.5. The highest BCUT2D eigenvalue weighted by Gasteiger charge is 2.34. The molecule has 1 unspecified atom stereocenters. The second kappa shape index (κ2) is 2.98. The van der Waals surface area contributed by atoms with Crippen molar-refractivity contribution in [2.45, 2.75) is 26.1 Å². The molecule has 0 saturated heterocycles. The Morgan fingerprint density at radius 1 is 1.00 bits per heavy atom. The second-order valence-corrected chi connectivity index (χ2v) is 4.72. The highest BCUT2D eigenvalue weighted by Crippen LogP contribution is 2.48. The summed E-state index contributed by atoms with van der Waals surface area (Å²) < 4.78 is 23.9. The van der Waals surface area contributed by atoms with Crippen molar-refractivity contribution in [3.63, 3.8) is 0 Å². The van der Waals surface area contributed by atoms with Crippen molar-refractivity contribution in [1.29, 1.82) is 0 Å². The third-order valence-corrected chi connectivity index (χ3v) is 3.47. The van der Waals surface area contributed by atoms with Crippen LogP contribution >= 0.6 is 0 Å². The summed E-state index contributed by atoms with van der Waals surface area (Å²) in [6.07, 6.45) is 0. The Morgan fingerprint density at radius 2 is 1.75 bits per heavy atom. The topological polar surface area (TPSA) is 0 Å². The summed E-state index contributed by atoms with van der Waals surface area (Å²) in [6, 6.07) is 13.9. The molecule has 0 amide bonds. The smallest absolute Gasteiger partial charge is 0.0243 e. The molecule has 0 heterocycles. The Bertz CT molecular complexity index is 655. The molecule has 2 aromatic rings. The normalized spacial score (nSPS) is 25.2. The number of benzene rings is 2. The van der Waals surface area contributed by atoms with Crippen LogP contribution in [0.1, 0.15) is 34.6 Å².